The second-order valence-corrected chi connectivity index (χ2v) is 3.92. The van der Waals surface area contributed by atoms with Gasteiger partial charge in [-0.05, 0) is 37.0 Å². The van der Waals surface area contributed by atoms with Crippen LogP contribution in [0.4, 0.5) is 4.39 Å². The molecule has 0 saturated carbocycles. The van der Waals surface area contributed by atoms with E-state index in [9.17, 15) is 4.39 Å². The van der Waals surface area contributed by atoms with Crippen molar-refractivity contribution in [3.8, 4) is 0 Å². The van der Waals surface area contributed by atoms with E-state index >= 15 is 0 Å². The lowest BCUT2D eigenvalue weighted by molar-refractivity contribution is 0.626. The molecule has 1 aromatic rings. The van der Waals surface area contributed by atoms with Gasteiger partial charge in [0.2, 0.25) is 0 Å². The second-order valence-electron chi connectivity index (χ2n) is 3.13. The molecule has 13 heavy (non-hydrogen) atoms. The highest BCUT2D eigenvalue weighted by Crippen LogP contribution is 2.08. The van der Waals surface area contributed by atoms with E-state index in [1.54, 1.807) is 0 Å². The van der Waals surface area contributed by atoms with Gasteiger partial charge < -0.3 is 0 Å². The molecule has 0 aliphatic rings. The number of hydrogen-bond donors (Lipinski definition) is 0. The minimum Gasteiger partial charge on any atom is -0.207 e. The van der Waals surface area contributed by atoms with Gasteiger partial charge in [-0.2, -0.15) is 0 Å². The molecule has 0 aliphatic heterocycles. The van der Waals surface area contributed by atoms with E-state index < -0.39 is 0 Å². The van der Waals surface area contributed by atoms with Crippen LogP contribution in [0.25, 0.3) is 0 Å². The van der Waals surface area contributed by atoms with E-state index in [0.717, 1.165) is 11.8 Å². The van der Waals surface area contributed by atoms with Gasteiger partial charge in [-0.1, -0.05) is 34.5 Å². The third-order valence-corrected chi connectivity index (χ3v) is 2.57. The molecule has 0 bridgehead atoms. The van der Waals surface area contributed by atoms with Crippen LogP contribution in [-0.2, 0) is 6.42 Å². The molecule has 1 rings (SSSR count). The fourth-order valence-electron chi connectivity index (χ4n) is 1.25. The predicted molar refractivity (Wildman–Crippen MR) is 57.7 cm³/mol. The standard InChI is InChI=1S/C11H14BrF/c12-9-3-1-2-4-10-5-7-11(13)8-6-10/h5-8H,1-4,9H2. The van der Waals surface area contributed by atoms with Crippen molar-refractivity contribution in [2.75, 3.05) is 5.33 Å². The zero-order chi connectivity index (χ0) is 9.52. The lowest BCUT2D eigenvalue weighted by Crippen LogP contribution is -1.86. The Labute approximate surface area is 87.3 Å². The van der Waals surface area contributed by atoms with Crippen molar-refractivity contribution in [1.82, 2.24) is 0 Å². The maximum atomic E-state index is 12.5. The molecule has 0 radical (unpaired) electrons. The molecular formula is C11H14BrF. The molecule has 0 fully saturated rings. The van der Waals surface area contributed by atoms with Crippen molar-refractivity contribution in [1.29, 1.82) is 0 Å². The van der Waals surface area contributed by atoms with E-state index in [1.165, 1.54) is 37.0 Å². The van der Waals surface area contributed by atoms with E-state index in [-0.39, 0.29) is 5.82 Å². The summed E-state index contributed by atoms with van der Waals surface area (Å²) in [4.78, 5) is 0. The maximum absolute atomic E-state index is 12.5. The van der Waals surface area contributed by atoms with Crippen LogP contribution >= 0.6 is 15.9 Å². The Morgan fingerprint density at radius 1 is 1.00 bits per heavy atom. The van der Waals surface area contributed by atoms with Crippen LogP contribution in [0.3, 0.4) is 0 Å². The van der Waals surface area contributed by atoms with Gasteiger partial charge in [-0.25, -0.2) is 4.39 Å². The van der Waals surface area contributed by atoms with Crippen molar-refractivity contribution in [2.45, 2.75) is 25.7 Å². The maximum Gasteiger partial charge on any atom is 0.123 e. The first-order valence-electron chi connectivity index (χ1n) is 4.63. The fraction of sp³-hybridized carbons (Fsp3) is 0.455. The Morgan fingerprint density at radius 2 is 1.69 bits per heavy atom. The Balaban J connectivity index is 2.25. The van der Waals surface area contributed by atoms with Gasteiger partial charge in [-0.3, -0.25) is 0 Å². The average Bonchev–Trinajstić information content (AvgIpc) is 2.15. The van der Waals surface area contributed by atoms with Gasteiger partial charge in [-0.15, -0.1) is 0 Å². The van der Waals surface area contributed by atoms with Crippen LogP contribution in [0, 0.1) is 5.82 Å². The van der Waals surface area contributed by atoms with Crippen LogP contribution in [0.2, 0.25) is 0 Å². The van der Waals surface area contributed by atoms with Crippen LogP contribution in [-0.4, -0.2) is 5.33 Å². The van der Waals surface area contributed by atoms with E-state index in [2.05, 4.69) is 15.9 Å². The molecule has 0 atom stereocenters. The number of halogens is 2. The van der Waals surface area contributed by atoms with Crippen molar-refractivity contribution >= 4 is 15.9 Å². The fourth-order valence-corrected chi connectivity index (χ4v) is 1.65. The van der Waals surface area contributed by atoms with E-state index in [1.807, 2.05) is 12.1 Å². The number of hydrogen-bond acceptors (Lipinski definition) is 0. The molecule has 0 aliphatic carbocycles. The molecule has 72 valence electrons. The normalized spacial score (nSPS) is 10.3. The van der Waals surface area contributed by atoms with E-state index in [4.69, 9.17) is 0 Å². The number of benzene rings is 1. The molecule has 2 heteroatoms. The summed E-state index contributed by atoms with van der Waals surface area (Å²) in [5.41, 5.74) is 1.23. The lowest BCUT2D eigenvalue weighted by atomic mass is 10.1. The molecule has 1 aromatic carbocycles. The van der Waals surface area contributed by atoms with Gasteiger partial charge in [0.15, 0.2) is 0 Å². The number of unbranched alkanes of at least 4 members (excludes halogenated alkanes) is 2. The zero-order valence-corrected chi connectivity index (χ0v) is 9.19. The highest BCUT2D eigenvalue weighted by Gasteiger charge is 1.93. The third kappa shape index (κ3) is 4.41. The molecule has 0 spiro atoms. The lowest BCUT2D eigenvalue weighted by Gasteiger charge is -2.00. The summed E-state index contributed by atoms with van der Waals surface area (Å²) in [7, 11) is 0. The molecule has 0 N–H and O–H groups in total. The van der Waals surface area contributed by atoms with Crippen LogP contribution in [0.1, 0.15) is 24.8 Å². The second kappa shape index (κ2) is 6.14. The quantitative estimate of drug-likeness (QED) is 0.544. The summed E-state index contributed by atoms with van der Waals surface area (Å²) in [6, 6.07) is 6.78. The smallest absolute Gasteiger partial charge is 0.123 e. The highest BCUT2D eigenvalue weighted by atomic mass is 79.9. The van der Waals surface area contributed by atoms with Gasteiger partial charge in [0.1, 0.15) is 5.82 Å². The zero-order valence-electron chi connectivity index (χ0n) is 7.60. The third-order valence-electron chi connectivity index (χ3n) is 2.01. The van der Waals surface area contributed by atoms with Crippen molar-refractivity contribution < 1.29 is 4.39 Å². The Morgan fingerprint density at radius 3 is 2.31 bits per heavy atom. The predicted octanol–water partition coefficient (Wildman–Crippen LogP) is 3.93. The van der Waals surface area contributed by atoms with Crippen molar-refractivity contribution in [3.63, 3.8) is 0 Å². The van der Waals surface area contributed by atoms with Crippen LogP contribution in [0.5, 0.6) is 0 Å². The SMILES string of the molecule is Fc1ccc(CCCCCBr)cc1. The Kier molecular flexibility index (Phi) is 5.06. The summed E-state index contributed by atoms with van der Waals surface area (Å²) in [5.74, 6) is -0.149. The molecule has 0 aromatic heterocycles. The molecular weight excluding hydrogens is 231 g/mol. The number of alkyl halides is 1. The summed E-state index contributed by atoms with van der Waals surface area (Å²) >= 11 is 3.40. The average molecular weight is 245 g/mol. The Hall–Kier alpha value is -0.370. The Bertz CT molecular complexity index is 230. The molecule has 0 unspecified atom stereocenters. The monoisotopic (exact) mass is 244 g/mol. The molecule has 0 heterocycles. The molecule has 0 nitrogen and oxygen atoms in total. The number of aryl methyl sites for hydroxylation is 1. The summed E-state index contributed by atoms with van der Waals surface area (Å²) in [6.07, 6.45) is 4.72. The number of rotatable bonds is 5. The minimum absolute atomic E-state index is 0.149. The van der Waals surface area contributed by atoms with Gasteiger partial charge >= 0.3 is 0 Å². The minimum atomic E-state index is -0.149. The van der Waals surface area contributed by atoms with Crippen LogP contribution < -0.4 is 0 Å². The van der Waals surface area contributed by atoms with Crippen LogP contribution in [0.15, 0.2) is 24.3 Å². The van der Waals surface area contributed by atoms with Crippen molar-refractivity contribution in [3.05, 3.63) is 35.6 Å². The van der Waals surface area contributed by atoms with Gasteiger partial charge in [0.05, 0.1) is 0 Å². The molecule has 0 amide bonds. The van der Waals surface area contributed by atoms with Gasteiger partial charge in [0, 0.05) is 5.33 Å². The van der Waals surface area contributed by atoms with Crippen molar-refractivity contribution in [2.24, 2.45) is 0 Å². The highest BCUT2D eigenvalue weighted by molar-refractivity contribution is 9.09. The summed E-state index contributed by atoms with van der Waals surface area (Å²) < 4.78 is 12.5. The van der Waals surface area contributed by atoms with E-state index in [0.29, 0.717) is 0 Å². The first-order chi connectivity index (χ1) is 6.33. The largest absolute Gasteiger partial charge is 0.207 e. The summed E-state index contributed by atoms with van der Waals surface area (Å²) in [5, 5.41) is 1.08. The first kappa shape index (κ1) is 10.7. The molecule has 0 saturated heterocycles. The summed E-state index contributed by atoms with van der Waals surface area (Å²) in [6.45, 7) is 0. The topological polar surface area (TPSA) is 0 Å². The first-order valence-corrected chi connectivity index (χ1v) is 5.75. The van der Waals surface area contributed by atoms with Gasteiger partial charge in [0.25, 0.3) is 0 Å².